The van der Waals surface area contributed by atoms with Gasteiger partial charge in [0, 0.05) is 6.54 Å². The molecule has 1 aromatic carbocycles. The molecule has 2 rings (SSSR count). The van der Waals surface area contributed by atoms with Gasteiger partial charge in [0.25, 0.3) is 0 Å². The predicted octanol–water partition coefficient (Wildman–Crippen LogP) is 3.18. The van der Waals surface area contributed by atoms with Gasteiger partial charge in [-0.25, -0.2) is 0 Å². The molecule has 1 saturated carbocycles. The van der Waals surface area contributed by atoms with E-state index in [0.717, 1.165) is 38.6 Å². The van der Waals surface area contributed by atoms with Crippen LogP contribution in [0.15, 0.2) is 30.3 Å². The summed E-state index contributed by atoms with van der Waals surface area (Å²) in [5, 5.41) is 9.65. The summed E-state index contributed by atoms with van der Waals surface area (Å²) in [5.41, 5.74) is 1.44. The molecule has 0 spiro atoms. The summed E-state index contributed by atoms with van der Waals surface area (Å²) in [5.74, 6) is 0. The minimum Gasteiger partial charge on any atom is -0.309 e. The maximum Gasteiger partial charge on any atom is 0.108 e. The second kappa shape index (κ2) is 6.81. The number of hydrogen-bond donors (Lipinski definition) is 0. The average molecular weight is 299 g/mol. The summed E-state index contributed by atoms with van der Waals surface area (Å²) in [6.45, 7) is 1.09. The van der Waals surface area contributed by atoms with Crippen molar-refractivity contribution in [2.45, 2.75) is 37.6 Å². The summed E-state index contributed by atoms with van der Waals surface area (Å²) in [7, 11) is 8.40. The van der Waals surface area contributed by atoms with Crippen molar-refractivity contribution in [2.75, 3.05) is 34.7 Å². The molecule has 0 saturated heterocycles. The maximum atomic E-state index is 9.65. The van der Waals surface area contributed by atoms with Crippen LogP contribution in [0.3, 0.4) is 0 Å². The van der Waals surface area contributed by atoms with Gasteiger partial charge in [-0.2, -0.15) is 5.26 Å². The molecule has 0 bridgehead atoms. The Kier molecular flexibility index (Phi) is 5.26. The Morgan fingerprint density at radius 3 is 2.05 bits per heavy atom. The average Bonchev–Trinajstić information content (AvgIpc) is 2.48. The second-order valence-electron chi connectivity index (χ2n) is 7.44. The molecular formula is C19H29N3. The van der Waals surface area contributed by atoms with Gasteiger partial charge in [-0.15, -0.1) is 0 Å². The molecule has 0 atom stereocenters. The van der Waals surface area contributed by atoms with E-state index < -0.39 is 0 Å². The minimum absolute atomic E-state index is 0.271. The van der Waals surface area contributed by atoms with Gasteiger partial charge in [-0.3, -0.25) is 4.90 Å². The Morgan fingerprint density at radius 1 is 1.00 bits per heavy atom. The van der Waals surface area contributed by atoms with Gasteiger partial charge in [-0.05, 0) is 71.3 Å². The molecule has 1 fully saturated rings. The zero-order chi connectivity index (χ0) is 16.2. The lowest BCUT2D eigenvalue weighted by Gasteiger charge is -2.47. The van der Waals surface area contributed by atoms with E-state index in [9.17, 15) is 5.26 Å². The van der Waals surface area contributed by atoms with Crippen LogP contribution >= 0.6 is 0 Å². The summed E-state index contributed by atoms with van der Waals surface area (Å²) in [4.78, 5) is 4.42. The summed E-state index contributed by atoms with van der Waals surface area (Å²) < 4.78 is 0. The van der Waals surface area contributed by atoms with Crippen LogP contribution in [0.4, 0.5) is 0 Å². The molecule has 1 aliphatic carbocycles. The molecule has 0 N–H and O–H groups in total. The van der Waals surface area contributed by atoms with E-state index in [1.54, 1.807) is 0 Å². The van der Waals surface area contributed by atoms with Gasteiger partial charge >= 0.3 is 0 Å². The third-order valence-corrected chi connectivity index (χ3v) is 5.28. The molecule has 0 heterocycles. The smallest absolute Gasteiger partial charge is 0.108 e. The number of nitriles is 1. The second-order valence-corrected chi connectivity index (χ2v) is 7.44. The standard InChI is InChI=1S/C19H29N3/c1-21(2)16-18(14-17-8-6-5-7-9-17)10-12-19(15-20,13-11-18)22(3)4/h5-9H,10-14,16H2,1-4H3. The Bertz CT molecular complexity index is 505. The predicted molar refractivity (Wildman–Crippen MR) is 91.6 cm³/mol. The van der Waals surface area contributed by atoms with Crippen LogP contribution in [0.5, 0.6) is 0 Å². The maximum absolute atomic E-state index is 9.65. The summed E-state index contributed by atoms with van der Waals surface area (Å²) >= 11 is 0. The van der Waals surface area contributed by atoms with Crippen molar-refractivity contribution in [1.82, 2.24) is 9.80 Å². The van der Waals surface area contributed by atoms with Crippen molar-refractivity contribution in [1.29, 1.82) is 5.26 Å². The molecule has 3 heteroatoms. The molecule has 1 aliphatic rings. The highest BCUT2D eigenvalue weighted by molar-refractivity contribution is 5.19. The highest BCUT2D eigenvalue weighted by atomic mass is 15.1. The SMILES string of the molecule is CN(C)CC1(Cc2ccccc2)CCC(C#N)(N(C)C)CC1. The van der Waals surface area contributed by atoms with E-state index in [-0.39, 0.29) is 5.54 Å². The molecule has 0 unspecified atom stereocenters. The molecular weight excluding hydrogens is 270 g/mol. The zero-order valence-electron chi connectivity index (χ0n) is 14.5. The Balaban J connectivity index is 2.18. The van der Waals surface area contributed by atoms with E-state index in [1.165, 1.54) is 5.56 Å². The van der Waals surface area contributed by atoms with Gasteiger partial charge in [0.15, 0.2) is 0 Å². The number of benzene rings is 1. The van der Waals surface area contributed by atoms with Crippen molar-refractivity contribution in [3.8, 4) is 6.07 Å². The monoisotopic (exact) mass is 299 g/mol. The largest absolute Gasteiger partial charge is 0.309 e. The first-order chi connectivity index (χ1) is 10.4. The third-order valence-electron chi connectivity index (χ3n) is 5.28. The quantitative estimate of drug-likeness (QED) is 0.836. The Labute approximate surface area is 135 Å². The molecule has 0 amide bonds. The van der Waals surface area contributed by atoms with Crippen LogP contribution in [-0.2, 0) is 6.42 Å². The first-order valence-corrected chi connectivity index (χ1v) is 8.19. The molecule has 120 valence electrons. The molecule has 0 aliphatic heterocycles. The fourth-order valence-corrected chi connectivity index (χ4v) is 3.94. The topological polar surface area (TPSA) is 30.3 Å². The molecule has 0 aromatic heterocycles. The Hall–Kier alpha value is -1.37. The van der Waals surface area contributed by atoms with Gasteiger partial charge in [0.1, 0.15) is 5.54 Å². The van der Waals surface area contributed by atoms with Crippen LogP contribution in [-0.4, -0.2) is 50.1 Å². The van der Waals surface area contributed by atoms with Crippen LogP contribution < -0.4 is 0 Å². The number of hydrogen-bond acceptors (Lipinski definition) is 3. The van der Waals surface area contributed by atoms with Crippen LogP contribution in [0.25, 0.3) is 0 Å². The van der Waals surface area contributed by atoms with Gasteiger partial charge in [-0.1, -0.05) is 30.3 Å². The van der Waals surface area contributed by atoms with Gasteiger partial charge < -0.3 is 4.90 Å². The first kappa shape index (κ1) is 17.0. The van der Waals surface area contributed by atoms with Crippen molar-refractivity contribution < 1.29 is 0 Å². The van der Waals surface area contributed by atoms with E-state index in [4.69, 9.17) is 0 Å². The normalized spacial score (nSPS) is 28.8. The minimum atomic E-state index is -0.271. The Morgan fingerprint density at radius 2 is 1.59 bits per heavy atom. The van der Waals surface area contributed by atoms with Crippen molar-refractivity contribution >= 4 is 0 Å². The highest BCUT2D eigenvalue weighted by Crippen LogP contribution is 2.45. The van der Waals surface area contributed by atoms with Crippen LogP contribution in [0.2, 0.25) is 0 Å². The van der Waals surface area contributed by atoms with E-state index in [1.807, 2.05) is 14.1 Å². The summed E-state index contributed by atoms with van der Waals surface area (Å²) in [6.07, 6.45) is 5.28. The van der Waals surface area contributed by atoms with Crippen molar-refractivity contribution in [3.63, 3.8) is 0 Å². The third kappa shape index (κ3) is 3.69. The molecule has 3 nitrogen and oxygen atoms in total. The van der Waals surface area contributed by atoms with E-state index in [0.29, 0.717) is 5.41 Å². The van der Waals surface area contributed by atoms with E-state index >= 15 is 0 Å². The fraction of sp³-hybridized carbons (Fsp3) is 0.632. The van der Waals surface area contributed by atoms with E-state index in [2.05, 4.69) is 60.3 Å². The molecule has 22 heavy (non-hydrogen) atoms. The first-order valence-electron chi connectivity index (χ1n) is 8.19. The van der Waals surface area contributed by atoms with Gasteiger partial charge in [0.2, 0.25) is 0 Å². The lowest BCUT2D eigenvalue weighted by molar-refractivity contribution is 0.0561. The number of nitrogens with zero attached hydrogens (tertiary/aromatic N) is 3. The van der Waals surface area contributed by atoms with Crippen molar-refractivity contribution in [3.05, 3.63) is 35.9 Å². The lowest BCUT2D eigenvalue weighted by atomic mass is 9.64. The highest BCUT2D eigenvalue weighted by Gasteiger charge is 2.44. The fourth-order valence-electron chi connectivity index (χ4n) is 3.94. The van der Waals surface area contributed by atoms with Crippen LogP contribution in [0, 0.1) is 16.7 Å². The summed E-state index contributed by atoms with van der Waals surface area (Å²) in [6, 6.07) is 13.4. The molecule has 0 radical (unpaired) electrons. The van der Waals surface area contributed by atoms with Crippen molar-refractivity contribution in [2.24, 2.45) is 5.41 Å². The van der Waals surface area contributed by atoms with Crippen LogP contribution in [0.1, 0.15) is 31.2 Å². The zero-order valence-corrected chi connectivity index (χ0v) is 14.5. The number of rotatable bonds is 5. The lowest BCUT2D eigenvalue weighted by Crippen LogP contribution is -2.50. The molecule has 1 aromatic rings. The van der Waals surface area contributed by atoms with Gasteiger partial charge in [0.05, 0.1) is 6.07 Å².